The van der Waals surface area contributed by atoms with E-state index in [-0.39, 0.29) is 5.41 Å². The highest BCUT2D eigenvalue weighted by Crippen LogP contribution is 2.49. The number of H-pyrrole nitrogens is 1. The number of fused-ring (bicyclic) bond motifs is 4. The van der Waals surface area contributed by atoms with E-state index in [1.54, 1.807) is 7.11 Å². The molecule has 0 radical (unpaired) electrons. The van der Waals surface area contributed by atoms with Crippen LogP contribution in [0.5, 0.6) is 5.75 Å². The summed E-state index contributed by atoms with van der Waals surface area (Å²) in [4.78, 5) is 3.59. The van der Waals surface area contributed by atoms with E-state index in [0.29, 0.717) is 11.3 Å². The average molecular weight is 357 g/mol. The van der Waals surface area contributed by atoms with Crippen LogP contribution < -0.4 is 4.74 Å². The maximum Gasteiger partial charge on any atom is 0.134 e. The molecule has 3 aromatic rings. The third-order valence-electron chi connectivity index (χ3n) is 5.51. The van der Waals surface area contributed by atoms with Crippen LogP contribution in [0.2, 0.25) is 0 Å². The van der Waals surface area contributed by atoms with Gasteiger partial charge in [0.1, 0.15) is 11.9 Å². The molecule has 1 aliphatic carbocycles. The fourth-order valence-electron chi connectivity index (χ4n) is 4.06. The topological polar surface area (TPSA) is 25.0 Å². The molecule has 0 atom stereocenters. The van der Waals surface area contributed by atoms with Crippen molar-refractivity contribution in [3.8, 4) is 17.8 Å². The Balaban J connectivity index is 2.05. The normalized spacial score (nSPS) is 14.1. The zero-order chi connectivity index (χ0) is 19.3. The summed E-state index contributed by atoms with van der Waals surface area (Å²) in [6.45, 7) is 12.5. The van der Waals surface area contributed by atoms with Crippen LogP contribution in [-0.4, -0.2) is 12.1 Å². The van der Waals surface area contributed by atoms with Gasteiger partial charge < -0.3 is 9.72 Å². The Morgan fingerprint density at radius 2 is 2.00 bits per heavy atom. The predicted molar refractivity (Wildman–Crippen MR) is 110 cm³/mol. The van der Waals surface area contributed by atoms with E-state index >= 15 is 0 Å². The molecule has 0 aliphatic heterocycles. The van der Waals surface area contributed by atoms with E-state index < -0.39 is 0 Å². The van der Waals surface area contributed by atoms with Crippen LogP contribution in [0, 0.1) is 12.1 Å². The van der Waals surface area contributed by atoms with Gasteiger partial charge in [-0.1, -0.05) is 45.2 Å². The third-order valence-corrected chi connectivity index (χ3v) is 5.51. The number of halogens is 1. The molecule has 1 N–H and O–H groups in total. The summed E-state index contributed by atoms with van der Waals surface area (Å²) < 4.78 is 18.1. The molecule has 0 spiro atoms. The van der Waals surface area contributed by atoms with Crippen molar-refractivity contribution in [1.29, 1.82) is 0 Å². The maximum atomic E-state index is 12.7. The Bertz CT molecular complexity index is 1180. The van der Waals surface area contributed by atoms with E-state index in [1.807, 2.05) is 24.3 Å². The van der Waals surface area contributed by atoms with Crippen LogP contribution >= 0.6 is 0 Å². The summed E-state index contributed by atoms with van der Waals surface area (Å²) in [6.07, 6.45) is 3.32. The smallest absolute Gasteiger partial charge is 0.134 e. The van der Waals surface area contributed by atoms with Gasteiger partial charge in [-0.05, 0) is 46.4 Å². The van der Waals surface area contributed by atoms with Crippen LogP contribution in [0.15, 0.2) is 43.5 Å². The third kappa shape index (κ3) is 2.34. The Labute approximate surface area is 158 Å². The van der Waals surface area contributed by atoms with Gasteiger partial charge in [-0.15, -0.1) is 4.39 Å². The molecule has 27 heavy (non-hydrogen) atoms. The quantitative estimate of drug-likeness (QED) is 0.576. The van der Waals surface area contributed by atoms with Crippen molar-refractivity contribution in [3.05, 3.63) is 77.0 Å². The largest absolute Gasteiger partial charge is 0.495 e. The second-order valence-corrected chi connectivity index (χ2v) is 7.31. The highest BCUT2D eigenvalue weighted by atomic mass is 19.1. The lowest BCUT2D eigenvalue weighted by Crippen LogP contribution is -2.26. The zero-order valence-electron chi connectivity index (χ0n) is 15.7. The van der Waals surface area contributed by atoms with Crippen molar-refractivity contribution in [2.75, 3.05) is 7.11 Å². The molecule has 1 heterocycles. The number of methoxy groups -OCH3 is 1. The number of rotatable bonds is 2. The summed E-state index contributed by atoms with van der Waals surface area (Å²) in [6, 6.07) is 10.1. The first-order valence-corrected chi connectivity index (χ1v) is 8.74. The second-order valence-electron chi connectivity index (χ2n) is 7.31. The van der Waals surface area contributed by atoms with Gasteiger partial charge in [0.05, 0.1) is 12.7 Å². The van der Waals surface area contributed by atoms with E-state index in [0.717, 1.165) is 44.4 Å². The Morgan fingerprint density at radius 3 is 2.67 bits per heavy atom. The standard InChI is InChI=1S/C24H20FNO/c1-6-15-7-8-17-20(11-15)26-23-22(17)14(2)18-12-16(9-10-25)21(27-5)13-19(18)24(23,3)4/h6-8,11-13,26H,1-2H2,3-5H3. The lowest BCUT2D eigenvalue weighted by atomic mass is 9.70. The first-order chi connectivity index (χ1) is 12.9. The van der Waals surface area contributed by atoms with Gasteiger partial charge in [0.25, 0.3) is 0 Å². The van der Waals surface area contributed by atoms with Crippen molar-refractivity contribution >= 4 is 22.6 Å². The number of aromatic nitrogens is 1. The molecule has 3 heteroatoms. The molecule has 2 aromatic carbocycles. The van der Waals surface area contributed by atoms with Crippen molar-refractivity contribution in [2.45, 2.75) is 19.3 Å². The van der Waals surface area contributed by atoms with Crippen molar-refractivity contribution in [1.82, 2.24) is 4.98 Å². The summed E-state index contributed by atoms with van der Waals surface area (Å²) in [7, 11) is 1.57. The molecule has 0 unspecified atom stereocenters. The molecule has 0 fully saturated rings. The summed E-state index contributed by atoms with van der Waals surface area (Å²) in [5.41, 5.74) is 7.50. The summed E-state index contributed by atoms with van der Waals surface area (Å²) >= 11 is 0. The number of ether oxygens (including phenoxy) is 1. The van der Waals surface area contributed by atoms with Crippen LogP contribution in [0.1, 0.15) is 47.4 Å². The van der Waals surface area contributed by atoms with Crippen molar-refractivity contribution < 1.29 is 9.13 Å². The molecular weight excluding hydrogens is 337 g/mol. The van der Waals surface area contributed by atoms with Crippen LogP contribution in [0.25, 0.3) is 22.6 Å². The minimum absolute atomic E-state index is 0.297. The Kier molecular flexibility index (Phi) is 3.75. The fourth-order valence-corrected chi connectivity index (χ4v) is 4.06. The molecule has 0 saturated carbocycles. The Morgan fingerprint density at radius 1 is 1.22 bits per heavy atom. The summed E-state index contributed by atoms with van der Waals surface area (Å²) in [5.74, 6) is 3.06. The summed E-state index contributed by atoms with van der Waals surface area (Å²) in [5, 5.41) is 1.12. The van der Waals surface area contributed by atoms with Gasteiger partial charge in [0.2, 0.25) is 0 Å². The molecule has 0 bridgehead atoms. The van der Waals surface area contributed by atoms with Gasteiger partial charge in [-0.3, -0.25) is 0 Å². The average Bonchev–Trinajstić information content (AvgIpc) is 3.06. The second kappa shape index (κ2) is 5.89. The number of nitrogens with one attached hydrogen (secondary N) is 1. The lowest BCUT2D eigenvalue weighted by Gasteiger charge is -2.34. The molecule has 2 nitrogen and oxygen atoms in total. The molecular formula is C24H20FNO. The van der Waals surface area contributed by atoms with Gasteiger partial charge in [-0.2, -0.15) is 0 Å². The lowest BCUT2D eigenvalue weighted by molar-refractivity contribution is 0.411. The molecule has 0 amide bonds. The van der Waals surface area contributed by atoms with Crippen molar-refractivity contribution in [3.63, 3.8) is 0 Å². The van der Waals surface area contributed by atoms with Crippen LogP contribution in [0.3, 0.4) is 0 Å². The maximum absolute atomic E-state index is 12.7. The van der Waals surface area contributed by atoms with Gasteiger partial charge in [-0.25, -0.2) is 0 Å². The molecule has 134 valence electrons. The SMILES string of the molecule is C=Cc1ccc2c3c([nH]c2c1)C(C)(C)c1cc(OC)c(C#CF)cc1C3=C. The van der Waals surface area contributed by atoms with E-state index in [9.17, 15) is 4.39 Å². The van der Waals surface area contributed by atoms with E-state index in [1.165, 1.54) is 6.17 Å². The van der Waals surface area contributed by atoms with Crippen LogP contribution in [0.4, 0.5) is 4.39 Å². The highest BCUT2D eigenvalue weighted by Gasteiger charge is 2.37. The monoisotopic (exact) mass is 357 g/mol. The minimum atomic E-state index is -0.297. The first kappa shape index (κ1) is 17.2. The van der Waals surface area contributed by atoms with Gasteiger partial charge >= 0.3 is 0 Å². The zero-order valence-corrected chi connectivity index (χ0v) is 15.7. The fraction of sp³-hybridized carbons (Fsp3) is 0.167. The van der Waals surface area contributed by atoms with Crippen molar-refractivity contribution in [2.24, 2.45) is 0 Å². The van der Waals surface area contributed by atoms with Gasteiger partial charge in [0, 0.05) is 27.6 Å². The highest BCUT2D eigenvalue weighted by molar-refractivity contribution is 6.01. The number of benzene rings is 2. The van der Waals surface area contributed by atoms with Crippen LogP contribution in [-0.2, 0) is 5.41 Å². The molecule has 1 aromatic heterocycles. The molecule has 4 rings (SSSR count). The van der Waals surface area contributed by atoms with Gasteiger partial charge in [0.15, 0.2) is 0 Å². The number of hydrogen-bond acceptors (Lipinski definition) is 1. The first-order valence-electron chi connectivity index (χ1n) is 8.74. The Hall–Kier alpha value is -3.25. The van der Waals surface area contributed by atoms with E-state index in [4.69, 9.17) is 4.74 Å². The number of hydrogen-bond donors (Lipinski definition) is 1. The molecule has 1 aliphatic rings. The predicted octanol–water partition coefficient (Wildman–Crippen LogP) is 5.80. The van der Waals surface area contributed by atoms with E-state index in [2.05, 4.69) is 50.0 Å². The molecule has 0 saturated heterocycles. The minimum Gasteiger partial charge on any atom is -0.495 e. The number of aromatic amines is 1.